The van der Waals surface area contributed by atoms with E-state index in [1.54, 1.807) is 30.5 Å². The Morgan fingerprint density at radius 1 is 1.11 bits per heavy atom. The van der Waals surface area contributed by atoms with Crippen molar-refractivity contribution >= 4 is 28.9 Å². The van der Waals surface area contributed by atoms with Crippen molar-refractivity contribution in [1.29, 1.82) is 0 Å². The monoisotopic (exact) mass is 530 g/mol. The molecule has 1 N–H and O–H groups in total. The summed E-state index contributed by atoms with van der Waals surface area (Å²) < 4.78 is 11.6. The second-order valence-electron chi connectivity index (χ2n) is 9.21. The summed E-state index contributed by atoms with van der Waals surface area (Å²) in [6.07, 6.45) is 3.25. The zero-order valence-corrected chi connectivity index (χ0v) is 24.9. The standard InChI is InChI=1S/C28H32N2O6.K/c1-4-7-22(19-10-13-23-20(17-19)14-15-35-23)29-27(34)30-25(33)28(5-2,6-3)26(30)36-21-11-8-18(9-12-21)16-24(31)32;/h8-15,17,22,26H,4-7,16H2,1-3H3,(H,29,34)(H,31,32);/q;+1/p-1/t22-,26+;/m1./s1. The van der Waals surface area contributed by atoms with Crippen molar-refractivity contribution in [3.63, 3.8) is 0 Å². The van der Waals surface area contributed by atoms with E-state index in [0.717, 1.165) is 23.0 Å². The molecule has 190 valence electrons. The number of fused-ring (bicyclic) bond motifs is 1. The van der Waals surface area contributed by atoms with E-state index in [1.807, 2.05) is 45.0 Å². The number of carbonyl (C=O) groups excluding carboxylic acids is 3. The fourth-order valence-corrected chi connectivity index (χ4v) is 4.91. The minimum atomic E-state index is -1.17. The van der Waals surface area contributed by atoms with Crippen LogP contribution in [0.4, 0.5) is 4.79 Å². The van der Waals surface area contributed by atoms with Crippen LogP contribution in [-0.2, 0) is 16.0 Å². The van der Waals surface area contributed by atoms with Gasteiger partial charge in [-0.1, -0.05) is 45.4 Å². The quantitative estimate of drug-likeness (QED) is 0.313. The number of amides is 3. The summed E-state index contributed by atoms with van der Waals surface area (Å²) in [4.78, 5) is 38.7. The minimum absolute atomic E-state index is 0. The van der Waals surface area contributed by atoms with E-state index in [-0.39, 0.29) is 69.8 Å². The molecule has 3 amide bonds. The summed E-state index contributed by atoms with van der Waals surface area (Å²) >= 11 is 0. The maximum Gasteiger partial charge on any atom is 1.00 e. The third kappa shape index (κ3) is 5.96. The molecule has 1 saturated heterocycles. The maximum atomic E-state index is 13.4. The molecule has 9 heteroatoms. The van der Waals surface area contributed by atoms with E-state index in [1.165, 1.54) is 4.90 Å². The molecule has 0 spiro atoms. The van der Waals surface area contributed by atoms with Crippen LogP contribution in [-0.4, -0.2) is 29.0 Å². The van der Waals surface area contributed by atoms with Gasteiger partial charge in [0, 0.05) is 17.8 Å². The number of β-lactam (4-membered cyclic amide) rings is 1. The molecule has 2 heterocycles. The second kappa shape index (κ2) is 12.6. The number of nitrogens with zero attached hydrogens (tertiary/aromatic N) is 1. The molecule has 1 aliphatic heterocycles. The van der Waals surface area contributed by atoms with Gasteiger partial charge in [0.05, 0.1) is 12.3 Å². The molecule has 0 saturated carbocycles. The number of hydrogen-bond acceptors (Lipinski definition) is 6. The van der Waals surface area contributed by atoms with Gasteiger partial charge in [0.2, 0.25) is 5.91 Å². The molecule has 3 aromatic rings. The van der Waals surface area contributed by atoms with Gasteiger partial charge in [-0.2, -0.15) is 0 Å². The van der Waals surface area contributed by atoms with E-state index in [4.69, 9.17) is 9.15 Å². The molecule has 1 aromatic heterocycles. The van der Waals surface area contributed by atoms with Gasteiger partial charge in [-0.15, -0.1) is 0 Å². The van der Waals surface area contributed by atoms with Crippen molar-refractivity contribution in [2.45, 2.75) is 65.1 Å². The van der Waals surface area contributed by atoms with Gasteiger partial charge < -0.3 is 24.4 Å². The third-order valence-corrected chi connectivity index (χ3v) is 7.11. The summed E-state index contributed by atoms with van der Waals surface area (Å²) in [6.45, 7) is 5.87. The molecule has 4 rings (SSSR count). The van der Waals surface area contributed by atoms with Crippen molar-refractivity contribution < 1.29 is 80.0 Å². The first-order valence-corrected chi connectivity index (χ1v) is 12.4. The van der Waals surface area contributed by atoms with Crippen LogP contribution in [0.1, 0.15) is 63.6 Å². The first-order valence-electron chi connectivity index (χ1n) is 12.4. The number of likely N-dealkylation sites (tertiary alicyclic amines) is 1. The molecule has 1 fully saturated rings. The van der Waals surface area contributed by atoms with E-state index >= 15 is 0 Å². The summed E-state index contributed by atoms with van der Waals surface area (Å²) in [7, 11) is 0. The maximum absolute atomic E-state index is 13.4. The Bertz CT molecular complexity index is 1250. The molecule has 0 radical (unpaired) electrons. The predicted octanol–water partition coefficient (Wildman–Crippen LogP) is 1.33. The van der Waals surface area contributed by atoms with Crippen molar-refractivity contribution in [2.24, 2.45) is 5.41 Å². The average molecular weight is 531 g/mol. The van der Waals surface area contributed by atoms with Crippen LogP contribution < -0.4 is 66.5 Å². The Morgan fingerprint density at radius 2 is 1.81 bits per heavy atom. The van der Waals surface area contributed by atoms with Crippen LogP contribution in [0.3, 0.4) is 0 Å². The Labute approximate surface area is 259 Å². The molecule has 0 bridgehead atoms. The number of nitrogens with one attached hydrogen (secondary N) is 1. The smallest absolute Gasteiger partial charge is 0.550 e. The van der Waals surface area contributed by atoms with Crippen molar-refractivity contribution in [1.82, 2.24) is 10.2 Å². The molecule has 0 unspecified atom stereocenters. The number of carboxylic acids is 1. The Balaban J connectivity index is 0.00000380. The topological polar surface area (TPSA) is 112 Å². The first kappa shape index (κ1) is 29.4. The zero-order chi connectivity index (χ0) is 25.9. The third-order valence-electron chi connectivity index (χ3n) is 7.11. The number of carbonyl (C=O) groups is 3. The van der Waals surface area contributed by atoms with Gasteiger partial charge in [-0.3, -0.25) is 4.79 Å². The van der Waals surface area contributed by atoms with E-state index in [2.05, 4.69) is 5.32 Å². The van der Waals surface area contributed by atoms with Crippen LogP contribution in [0.5, 0.6) is 5.75 Å². The SMILES string of the molecule is CCC[C@@H](NC(=O)N1C(=O)C(CC)(CC)[C@@H]1Oc1ccc(CC(=O)[O-])cc1)c1ccc2occc2c1.[K+]. The Kier molecular flexibility index (Phi) is 9.99. The van der Waals surface area contributed by atoms with Gasteiger partial charge in [0.15, 0.2) is 6.23 Å². The molecular weight excluding hydrogens is 499 g/mol. The molecule has 8 nitrogen and oxygen atoms in total. The first-order chi connectivity index (χ1) is 17.3. The molecule has 2 atom stereocenters. The summed E-state index contributed by atoms with van der Waals surface area (Å²) in [6, 6.07) is 13.5. The molecule has 2 aromatic carbocycles. The Hall–Kier alpha value is -2.17. The summed E-state index contributed by atoms with van der Waals surface area (Å²) in [5.41, 5.74) is 1.48. The number of furan rings is 1. The van der Waals surface area contributed by atoms with Crippen LogP contribution in [0.2, 0.25) is 0 Å². The van der Waals surface area contributed by atoms with E-state index < -0.39 is 23.6 Å². The van der Waals surface area contributed by atoms with E-state index in [9.17, 15) is 19.5 Å². The van der Waals surface area contributed by atoms with Gasteiger partial charge in [-0.05, 0) is 60.7 Å². The van der Waals surface area contributed by atoms with Gasteiger partial charge >= 0.3 is 57.4 Å². The van der Waals surface area contributed by atoms with E-state index in [0.29, 0.717) is 30.6 Å². The molecular formula is C28H31KN2O6. The van der Waals surface area contributed by atoms with Crippen molar-refractivity contribution in [2.75, 3.05) is 0 Å². The van der Waals surface area contributed by atoms with Crippen molar-refractivity contribution in [3.8, 4) is 5.75 Å². The number of ether oxygens (including phenoxy) is 1. The largest absolute Gasteiger partial charge is 1.00 e. The number of benzene rings is 2. The number of aliphatic carboxylic acids is 1. The van der Waals surface area contributed by atoms with Crippen LogP contribution >= 0.6 is 0 Å². The number of imide groups is 1. The normalized spacial score (nSPS) is 17.0. The fraction of sp³-hybridized carbons (Fsp3) is 0.393. The average Bonchev–Trinajstić information content (AvgIpc) is 3.33. The van der Waals surface area contributed by atoms with Gasteiger partial charge in [0.25, 0.3) is 0 Å². The fourth-order valence-electron chi connectivity index (χ4n) is 4.91. The molecule has 37 heavy (non-hydrogen) atoms. The van der Waals surface area contributed by atoms with Crippen LogP contribution in [0, 0.1) is 5.41 Å². The van der Waals surface area contributed by atoms with Crippen LogP contribution in [0.25, 0.3) is 11.0 Å². The van der Waals surface area contributed by atoms with Crippen LogP contribution in [0.15, 0.2) is 59.2 Å². The van der Waals surface area contributed by atoms with Gasteiger partial charge in [-0.25, -0.2) is 9.69 Å². The zero-order valence-electron chi connectivity index (χ0n) is 21.8. The number of rotatable bonds is 10. The number of urea groups is 1. The predicted molar refractivity (Wildman–Crippen MR) is 132 cm³/mol. The number of carboxylic acid groups (broad SMARTS) is 1. The molecule has 1 aliphatic rings. The summed E-state index contributed by atoms with van der Waals surface area (Å²) in [5, 5.41) is 14.8. The van der Waals surface area contributed by atoms with Gasteiger partial charge in [0.1, 0.15) is 16.7 Å². The van der Waals surface area contributed by atoms with Crippen molar-refractivity contribution in [3.05, 3.63) is 65.9 Å². The summed E-state index contributed by atoms with van der Waals surface area (Å²) in [5.74, 6) is -0.973. The second-order valence-corrected chi connectivity index (χ2v) is 9.21. The minimum Gasteiger partial charge on any atom is -0.550 e. The Morgan fingerprint density at radius 3 is 2.43 bits per heavy atom. The molecule has 0 aliphatic carbocycles. The number of hydrogen-bond donors (Lipinski definition) is 1.